The second-order valence-electron chi connectivity index (χ2n) is 5.37. The molecule has 0 bridgehead atoms. The molecule has 3 rings (SSSR count). The number of rotatable bonds is 3. The summed E-state index contributed by atoms with van der Waals surface area (Å²) in [6.07, 6.45) is 0. The third-order valence-corrected chi connectivity index (χ3v) is 5.02. The fourth-order valence-electron chi connectivity index (χ4n) is 2.19. The van der Waals surface area contributed by atoms with Crippen LogP contribution in [0.2, 0.25) is 0 Å². The minimum atomic E-state index is -0.586. The standard InChI is InChI=1S/C16H15Br2NO2/c1-16(2)20-14-6-4-11(8-15(14)21-16)19-9-10-3-5-12(17)13(18)7-10/h3-8,19H,9H2,1-2H3. The molecule has 0 saturated heterocycles. The van der Waals surface area contributed by atoms with Crippen molar-refractivity contribution in [3.05, 3.63) is 50.9 Å². The largest absolute Gasteiger partial charge is 0.449 e. The molecule has 1 N–H and O–H groups in total. The van der Waals surface area contributed by atoms with Crippen molar-refractivity contribution in [1.29, 1.82) is 0 Å². The Morgan fingerprint density at radius 1 is 0.952 bits per heavy atom. The van der Waals surface area contributed by atoms with Gasteiger partial charge in [0.05, 0.1) is 0 Å². The van der Waals surface area contributed by atoms with E-state index in [0.29, 0.717) is 0 Å². The van der Waals surface area contributed by atoms with Crippen molar-refractivity contribution in [1.82, 2.24) is 0 Å². The van der Waals surface area contributed by atoms with Crippen LogP contribution in [0.15, 0.2) is 45.3 Å². The molecule has 0 aromatic heterocycles. The monoisotopic (exact) mass is 411 g/mol. The summed E-state index contributed by atoms with van der Waals surface area (Å²) < 4.78 is 13.5. The number of benzene rings is 2. The maximum Gasteiger partial charge on any atom is 0.246 e. The molecule has 0 aliphatic carbocycles. The van der Waals surface area contributed by atoms with Crippen LogP contribution in [0.4, 0.5) is 5.69 Å². The van der Waals surface area contributed by atoms with Crippen LogP contribution in [-0.4, -0.2) is 5.79 Å². The fourth-order valence-corrected chi connectivity index (χ4v) is 2.86. The predicted molar refractivity (Wildman–Crippen MR) is 90.9 cm³/mol. The smallest absolute Gasteiger partial charge is 0.246 e. The molecule has 0 spiro atoms. The Morgan fingerprint density at radius 3 is 2.48 bits per heavy atom. The summed E-state index contributed by atoms with van der Waals surface area (Å²) >= 11 is 6.99. The van der Waals surface area contributed by atoms with E-state index >= 15 is 0 Å². The third kappa shape index (κ3) is 3.35. The Balaban J connectivity index is 1.71. The van der Waals surface area contributed by atoms with Crippen molar-refractivity contribution < 1.29 is 9.47 Å². The highest BCUT2D eigenvalue weighted by Gasteiger charge is 2.31. The van der Waals surface area contributed by atoms with E-state index in [1.807, 2.05) is 38.1 Å². The van der Waals surface area contributed by atoms with Crippen molar-refractivity contribution in [2.75, 3.05) is 5.32 Å². The molecule has 2 aromatic rings. The molecule has 0 radical (unpaired) electrons. The zero-order chi connectivity index (χ0) is 15.0. The van der Waals surface area contributed by atoms with Gasteiger partial charge in [-0.25, -0.2) is 0 Å². The number of fused-ring (bicyclic) bond motifs is 1. The van der Waals surface area contributed by atoms with Crippen LogP contribution in [0.5, 0.6) is 11.5 Å². The Bertz CT molecular complexity index is 686. The molecule has 110 valence electrons. The summed E-state index contributed by atoms with van der Waals surface area (Å²) in [5, 5.41) is 3.39. The lowest BCUT2D eigenvalue weighted by atomic mass is 10.2. The first kappa shape index (κ1) is 14.7. The third-order valence-electron chi connectivity index (χ3n) is 3.14. The zero-order valence-corrected chi connectivity index (χ0v) is 14.9. The van der Waals surface area contributed by atoms with E-state index in [0.717, 1.165) is 32.7 Å². The summed E-state index contributed by atoms with van der Waals surface area (Å²) in [7, 11) is 0. The Hall–Kier alpha value is -1.20. The molecule has 5 heteroatoms. The molecule has 21 heavy (non-hydrogen) atoms. The van der Waals surface area contributed by atoms with E-state index in [2.05, 4.69) is 49.3 Å². The van der Waals surface area contributed by atoms with Crippen molar-refractivity contribution in [3.8, 4) is 11.5 Å². The number of ether oxygens (including phenoxy) is 2. The number of nitrogens with one attached hydrogen (secondary N) is 1. The van der Waals surface area contributed by atoms with Gasteiger partial charge in [-0.1, -0.05) is 6.07 Å². The van der Waals surface area contributed by atoms with Crippen LogP contribution < -0.4 is 14.8 Å². The van der Waals surface area contributed by atoms with Gasteiger partial charge in [-0.05, 0) is 61.7 Å². The van der Waals surface area contributed by atoms with Crippen LogP contribution >= 0.6 is 31.9 Å². The summed E-state index contributed by atoms with van der Waals surface area (Å²) in [5.74, 6) is 0.983. The van der Waals surface area contributed by atoms with Crippen LogP contribution in [0.1, 0.15) is 19.4 Å². The molecular formula is C16H15Br2NO2. The average molecular weight is 413 g/mol. The van der Waals surface area contributed by atoms with E-state index < -0.39 is 5.79 Å². The van der Waals surface area contributed by atoms with E-state index in [1.165, 1.54) is 5.56 Å². The summed E-state index contributed by atoms with van der Waals surface area (Å²) in [5.41, 5.74) is 2.21. The van der Waals surface area contributed by atoms with Crippen molar-refractivity contribution in [3.63, 3.8) is 0 Å². The van der Waals surface area contributed by atoms with Gasteiger partial charge in [-0.3, -0.25) is 0 Å². The van der Waals surface area contributed by atoms with Gasteiger partial charge in [0.1, 0.15) is 0 Å². The predicted octanol–water partition coefficient (Wildman–Crippen LogP) is 5.33. The number of halogens is 2. The minimum absolute atomic E-state index is 0.586. The van der Waals surface area contributed by atoms with Gasteiger partial charge in [-0.15, -0.1) is 0 Å². The topological polar surface area (TPSA) is 30.5 Å². The van der Waals surface area contributed by atoms with E-state index in [1.54, 1.807) is 0 Å². The second kappa shape index (κ2) is 5.54. The lowest BCUT2D eigenvalue weighted by Crippen LogP contribution is -2.29. The van der Waals surface area contributed by atoms with Gasteiger partial charge in [0.15, 0.2) is 11.5 Å². The van der Waals surface area contributed by atoms with Crippen LogP contribution in [0, 0.1) is 0 Å². The molecule has 3 nitrogen and oxygen atoms in total. The van der Waals surface area contributed by atoms with Crippen LogP contribution in [0.25, 0.3) is 0 Å². The lowest BCUT2D eigenvalue weighted by Gasteiger charge is -2.16. The molecule has 0 unspecified atom stereocenters. The van der Waals surface area contributed by atoms with Gasteiger partial charge in [0.25, 0.3) is 0 Å². The number of anilines is 1. The second-order valence-corrected chi connectivity index (χ2v) is 7.08. The number of hydrogen-bond donors (Lipinski definition) is 1. The zero-order valence-electron chi connectivity index (χ0n) is 11.7. The van der Waals surface area contributed by atoms with E-state index in [4.69, 9.17) is 9.47 Å². The maximum atomic E-state index is 5.75. The molecule has 1 aliphatic heterocycles. The lowest BCUT2D eigenvalue weighted by molar-refractivity contribution is -0.0431. The van der Waals surface area contributed by atoms with Gasteiger partial charge in [0.2, 0.25) is 5.79 Å². The first-order chi connectivity index (χ1) is 9.93. The Labute approximate surface area is 140 Å². The highest BCUT2D eigenvalue weighted by atomic mass is 79.9. The van der Waals surface area contributed by atoms with Crippen LogP contribution in [0.3, 0.4) is 0 Å². The quantitative estimate of drug-likeness (QED) is 0.738. The summed E-state index contributed by atoms with van der Waals surface area (Å²) in [6, 6.07) is 12.1. The maximum absolute atomic E-state index is 5.75. The molecule has 0 fully saturated rings. The first-order valence-corrected chi connectivity index (χ1v) is 8.21. The normalized spacial score (nSPS) is 15.0. The van der Waals surface area contributed by atoms with Crippen molar-refractivity contribution in [2.24, 2.45) is 0 Å². The molecule has 1 heterocycles. The molecule has 0 atom stereocenters. The molecular weight excluding hydrogens is 398 g/mol. The van der Waals surface area contributed by atoms with Gasteiger partial charge in [0, 0.05) is 41.1 Å². The first-order valence-electron chi connectivity index (χ1n) is 6.63. The molecule has 2 aromatic carbocycles. The molecule has 0 saturated carbocycles. The number of hydrogen-bond acceptors (Lipinski definition) is 3. The van der Waals surface area contributed by atoms with Crippen molar-refractivity contribution in [2.45, 2.75) is 26.2 Å². The summed E-state index contributed by atoms with van der Waals surface area (Å²) in [6.45, 7) is 4.55. The van der Waals surface area contributed by atoms with Crippen LogP contribution in [-0.2, 0) is 6.54 Å². The summed E-state index contributed by atoms with van der Waals surface area (Å²) in [4.78, 5) is 0. The van der Waals surface area contributed by atoms with E-state index in [9.17, 15) is 0 Å². The Morgan fingerprint density at radius 2 is 1.71 bits per heavy atom. The van der Waals surface area contributed by atoms with Gasteiger partial charge >= 0.3 is 0 Å². The van der Waals surface area contributed by atoms with Gasteiger partial charge < -0.3 is 14.8 Å². The average Bonchev–Trinajstić information content (AvgIpc) is 2.73. The molecule has 1 aliphatic rings. The minimum Gasteiger partial charge on any atom is -0.449 e. The van der Waals surface area contributed by atoms with Crippen molar-refractivity contribution >= 4 is 37.5 Å². The Kier molecular flexibility index (Phi) is 3.88. The fraction of sp³-hybridized carbons (Fsp3) is 0.250. The highest BCUT2D eigenvalue weighted by Crippen LogP contribution is 2.40. The van der Waals surface area contributed by atoms with Gasteiger partial charge in [-0.2, -0.15) is 0 Å². The SMILES string of the molecule is CC1(C)Oc2ccc(NCc3ccc(Br)c(Br)c3)cc2O1. The van der Waals surface area contributed by atoms with E-state index in [-0.39, 0.29) is 0 Å². The molecule has 0 amide bonds. The highest BCUT2D eigenvalue weighted by molar-refractivity contribution is 9.13.